The number of likely N-dealkylation sites (tertiary alicyclic amines) is 1. The number of H-pyrrole nitrogens is 1. The predicted octanol–water partition coefficient (Wildman–Crippen LogP) is 3.38. The molecule has 0 bridgehead atoms. The average molecular weight is 293 g/mol. The number of fused-ring (bicyclic) bond motifs is 1. The molecule has 20 heavy (non-hydrogen) atoms. The highest BCUT2D eigenvalue weighted by molar-refractivity contribution is 6.31. The van der Waals surface area contributed by atoms with E-state index in [-0.39, 0.29) is 6.10 Å². The van der Waals surface area contributed by atoms with E-state index >= 15 is 0 Å². The molecule has 108 valence electrons. The van der Waals surface area contributed by atoms with Crippen LogP contribution in [0, 0.1) is 0 Å². The van der Waals surface area contributed by atoms with E-state index < -0.39 is 0 Å². The van der Waals surface area contributed by atoms with Gasteiger partial charge in [0.2, 0.25) is 0 Å². The van der Waals surface area contributed by atoms with Gasteiger partial charge in [-0.05, 0) is 62.5 Å². The lowest BCUT2D eigenvalue weighted by atomic mass is 9.89. The first kappa shape index (κ1) is 13.9. The number of benzene rings is 1. The maximum atomic E-state index is 9.47. The summed E-state index contributed by atoms with van der Waals surface area (Å²) in [5.74, 6) is 0.590. The van der Waals surface area contributed by atoms with Crippen molar-refractivity contribution < 1.29 is 5.11 Å². The van der Waals surface area contributed by atoms with E-state index in [4.69, 9.17) is 11.6 Å². The van der Waals surface area contributed by atoms with Crippen LogP contribution >= 0.6 is 11.6 Å². The minimum atomic E-state index is -0.238. The van der Waals surface area contributed by atoms with Gasteiger partial charge in [-0.15, -0.1) is 0 Å². The largest absolute Gasteiger partial charge is 0.392 e. The summed E-state index contributed by atoms with van der Waals surface area (Å²) in [6, 6.07) is 6.03. The molecule has 1 saturated heterocycles. The number of β-amino-alcohol motifs (C(OH)–C–C–N with tert-alkyl or cyclic N) is 1. The molecular weight excluding hydrogens is 272 g/mol. The van der Waals surface area contributed by atoms with Gasteiger partial charge in [-0.1, -0.05) is 11.6 Å². The monoisotopic (exact) mass is 292 g/mol. The van der Waals surface area contributed by atoms with Crippen molar-refractivity contribution in [2.75, 3.05) is 19.6 Å². The van der Waals surface area contributed by atoms with Crippen LogP contribution in [-0.4, -0.2) is 40.7 Å². The van der Waals surface area contributed by atoms with Gasteiger partial charge in [0.15, 0.2) is 0 Å². The molecule has 0 radical (unpaired) electrons. The highest BCUT2D eigenvalue weighted by Crippen LogP contribution is 2.34. The Kier molecular flexibility index (Phi) is 4.01. The van der Waals surface area contributed by atoms with Gasteiger partial charge in [-0.3, -0.25) is 0 Å². The highest BCUT2D eigenvalue weighted by atomic mass is 35.5. The molecule has 3 rings (SSSR count). The summed E-state index contributed by atoms with van der Waals surface area (Å²) >= 11 is 6.12. The van der Waals surface area contributed by atoms with Crippen molar-refractivity contribution in [3.63, 3.8) is 0 Å². The molecule has 1 aromatic heterocycles. The fraction of sp³-hybridized carbons (Fsp3) is 0.500. The van der Waals surface area contributed by atoms with E-state index in [1.807, 2.05) is 19.1 Å². The Bertz CT molecular complexity index is 585. The molecule has 3 nitrogen and oxygen atoms in total. The van der Waals surface area contributed by atoms with Crippen LogP contribution in [0.3, 0.4) is 0 Å². The number of aromatic amines is 1. The maximum absolute atomic E-state index is 9.47. The average Bonchev–Trinajstić information content (AvgIpc) is 2.82. The molecule has 4 heteroatoms. The van der Waals surface area contributed by atoms with Gasteiger partial charge < -0.3 is 15.0 Å². The molecule has 2 N–H and O–H groups in total. The Morgan fingerprint density at radius 2 is 2.15 bits per heavy atom. The zero-order chi connectivity index (χ0) is 14.1. The summed E-state index contributed by atoms with van der Waals surface area (Å²) in [7, 11) is 0. The molecule has 1 aliphatic heterocycles. The Morgan fingerprint density at radius 3 is 2.85 bits per heavy atom. The van der Waals surface area contributed by atoms with E-state index in [1.54, 1.807) is 0 Å². The summed E-state index contributed by atoms with van der Waals surface area (Å²) in [6.45, 7) is 4.76. The SMILES string of the molecule is CC(O)CN1CCC(c2c[nH]c3ccc(Cl)cc23)CC1. The predicted molar refractivity (Wildman–Crippen MR) is 83.4 cm³/mol. The van der Waals surface area contributed by atoms with E-state index in [0.29, 0.717) is 5.92 Å². The van der Waals surface area contributed by atoms with Crippen molar-refractivity contribution >= 4 is 22.5 Å². The molecule has 1 fully saturated rings. The number of rotatable bonds is 3. The van der Waals surface area contributed by atoms with Crippen molar-refractivity contribution in [2.45, 2.75) is 31.8 Å². The molecule has 2 aromatic rings. The summed E-state index contributed by atoms with van der Waals surface area (Å²) in [6.07, 6.45) is 4.19. The second-order valence-electron chi connectivity index (χ2n) is 5.86. The van der Waals surface area contributed by atoms with Crippen molar-refractivity contribution in [1.82, 2.24) is 9.88 Å². The third-order valence-electron chi connectivity index (χ3n) is 4.23. The number of aliphatic hydroxyl groups is 1. The van der Waals surface area contributed by atoms with Gasteiger partial charge in [0, 0.05) is 28.7 Å². The summed E-state index contributed by atoms with van der Waals surface area (Å²) in [5.41, 5.74) is 2.55. The lowest BCUT2D eigenvalue weighted by molar-refractivity contribution is 0.109. The molecule has 0 saturated carbocycles. The summed E-state index contributed by atoms with van der Waals surface area (Å²) in [5, 5.41) is 11.5. The zero-order valence-corrected chi connectivity index (χ0v) is 12.5. The Balaban J connectivity index is 1.75. The second-order valence-corrected chi connectivity index (χ2v) is 6.29. The number of aliphatic hydroxyl groups excluding tert-OH is 1. The number of halogens is 1. The number of hydrogen-bond acceptors (Lipinski definition) is 2. The Hall–Kier alpha value is -1.03. The smallest absolute Gasteiger partial charge is 0.0639 e. The third kappa shape index (κ3) is 2.85. The molecule has 0 spiro atoms. The first-order valence-electron chi connectivity index (χ1n) is 7.30. The molecule has 1 aliphatic rings. The summed E-state index contributed by atoms with van der Waals surface area (Å²) in [4.78, 5) is 5.69. The molecule has 2 heterocycles. The minimum absolute atomic E-state index is 0.238. The van der Waals surface area contributed by atoms with Crippen LogP contribution in [0.5, 0.6) is 0 Å². The van der Waals surface area contributed by atoms with E-state index in [2.05, 4.69) is 22.1 Å². The van der Waals surface area contributed by atoms with Crippen molar-refractivity contribution in [1.29, 1.82) is 0 Å². The molecule has 1 atom stereocenters. The number of hydrogen-bond donors (Lipinski definition) is 2. The van der Waals surface area contributed by atoms with Gasteiger partial charge in [-0.2, -0.15) is 0 Å². The van der Waals surface area contributed by atoms with Gasteiger partial charge >= 0.3 is 0 Å². The first-order chi connectivity index (χ1) is 9.63. The van der Waals surface area contributed by atoms with Gasteiger partial charge in [-0.25, -0.2) is 0 Å². The number of nitrogens with zero attached hydrogens (tertiary/aromatic N) is 1. The highest BCUT2D eigenvalue weighted by Gasteiger charge is 2.23. The third-order valence-corrected chi connectivity index (χ3v) is 4.46. The standard InChI is InChI=1S/C16H21ClN2O/c1-11(20)10-19-6-4-12(5-7-19)15-9-18-16-3-2-13(17)8-14(15)16/h2-3,8-9,11-12,18,20H,4-7,10H2,1H3. The first-order valence-corrected chi connectivity index (χ1v) is 7.68. The van der Waals surface area contributed by atoms with Crippen LogP contribution < -0.4 is 0 Å². The normalized spacial score (nSPS) is 19.6. The molecule has 0 aliphatic carbocycles. The number of nitrogens with one attached hydrogen (secondary N) is 1. The molecule has 1 unspecified atom stereocenters. The number of aromatic nitrogens is 1. The van der Waals surface area contributed by atoms with E-state index in [1.165, 1.54) is 10.9 Å². The lowest BCUT2D eigenvalue weighted by Gasteiger charge is -2.32. The molecular formula is C16H21ClN2O. The molecule has 1 aromatic carbocycles. The quantitative estimate of drug-likeness (QED) is 0.910. The fourth-order valence-corrected chi connectivity index (χ4v) is 3.42. The van der Waals surface area contributed by atoms with Crippen molar-refractivity contribution in [3.8, 4) is 0 Å². The van der Waals surface area contributed by atoms with Gasteiger partial charge in [0.1, 0.15) is 0 Å². The van der Waals surface area contributed by atoms with Crippen molar-refractivity contribution in [2.24, 2.45) is 0 Å². The van der Waals surface area contributed by atoms with E-state index in [9.17, 15) is 5.11 Å². The summed E-state index contributed by atoms with van der Waals surface area (Å²) < 4.78 is 0. The Morgan fingerprint density at radius 1 is 1.40 bits per heavy atom. The van der Waals surface area contributed by atoms with Gasteiger partial charge in [0.25, 0.3) is 0 Å². The van der Waals surface area contributed by atoms with Crippen LogP contribution in [0.4, 0.5) is 0 Å². The van der Waals surface area contributed by atoms with Crippen LogP contribution in [0.2, 0.25) is 5.02 Å². The Labute approximate surface area is 124 Å². The van der Waals surface area contributed by atoms with Crippen LogP contribution in [0.25, 0.3) is 10.9 Å². The van der Waals surface area contributed by atoms with Crippen LogP contribution in [0.15, 0.2) is 24.4 Å². The van der Waals surface area contributed by atoms with Gasteiger partial charge in [0.05, 0.1) is 6.10 Å². The topological polar surface area (TPSA) is 39.3 Å². The molecule has 0 amide bonds. The fourth-order valence-electron chi connectivity index (χ4n) is 3.25. The lowest BCUT2D eigenvalue weighted by Crippen LogP contribution is -2.37. The van der Waals surface area contributed by atoms with Crippen LogP contribution in [-0.2, 0) is 0 Å². The number of piperidine rings is 1. The van der Waals surface area contributed by atoms with Crippen LogP contribution in [0.1, 0.15) is 31.2 Å². The zero-order valence-electron chi connectivity index (χ0n) is 11.8. The minimum Gasteiger partial charge on any atom is -0.392 e. The maximum Gasteiger partial charge on any atom is 0.0639 e. The second kappa shape index (κ2) is 5.76. The van der Waals surface area contributed by atoms with Crippen molar-refractivity contribution in [3.05, 3.63) is 35.0 Å². The van der Waals surface area contributed by atoms with E-state index in [0.717, 1.165) is 43.0 Å².